The summed E-state index contributed by atoms with van der Waals surface area (Å²) < 4.78 is 7.28. The van der Waals surface area contributed by atoms with Crippen molar-refractivity contribution in [2.45, 2.75) is 6.92 Å². The fourth-order valence-electron chi connectivity index (χ4n) is 3.58. The lowest BCUT2D eigenvalue weighted by Crippen LogP contribution is -2.38. The van der Waals surface area contributed by atoms with Gasteiger partial charge in [0.05, 0.1) is 29.3 Å². The smallest absolute Gasteiger partial charge is 0.340 e. The number of methoxy groups -OCH3 is 1. The highest BCUT2D eigenvalue weighted by molar-refractivity contribution is 6.07. The van der Waals surface area contributed by atoms with Crippen LogP contribution in [0.15, 0.2) is 46.1 Å². The molecule has 146 valence electrons. The van der Waals surface area contributed by atoms with Gasteiger partial charge in [-0.3, -0.25) is 18.9 Å². The lowest BCUT2D eigenvalue weighted by Gasteiger charge is -2.16. The second-order valence-corrected chi connectivity index (χ2v) is 6.75. The van der Waals surface area contributed by atoms with Crippen LogP contribution in [0.1, 0.15) is 16.1 Å². The van der Waals surface area contributed by atoms with Gasteiger partial charge < -0.3 is 4.74 Å². The summed E-state index contributed by atoms with van der Waals surface area (Å²) in [5.74, 6) is -0.603. The molecule has 0 saturated heterocycles. The lowest BCUT2D eigenvalue weighted by atomic mass is 9.94. The van der Waals surface area contributed by atoms with Gasteiger partial charge in [0.1, 0.15) is 5.65 Å². The van der Waals surface area contributed by atoms with Crippen molar-refractivity contribution in [3.05, 3.63) is 68.6 Å². The first kappa shape index (κ1) is 18.5. The van der Waals surface area contributed by atoms with Crippen molar-refractivity contribution in [3.8, 4) is 11.1 Å². The molecule has 0 spiro atoms. The number of ether oxygens (including phenoxy) is 1. The van der Waals surface area contributed by atoms with Gasteiger partial charge in [-0.1, -0.05) is 12.1 Å². The van der Waals surface area contributed by atoms with Gasteiger partial charge in [0.2, 0.25) is 0 Å². The second-order valence-electron chi connectivity index (χ2n) is 6.75. The van der Waals surface area contributed by atoms with Gasteiger partial charge in [-0.25, -0.2) is 14.6 Å². The first-order chi connectivity index (χ1) is 13.8. The molecule has 29 heavy (non-hydrogen) atoms. The monoisotopic (exact) mass is 390 g/mol. The van der Waals surface area contributed by atoms with E-state index in [-0.39, 0.29) is 16.6 Å². The molecular formula is C21H18N4O4. The number of aromatic nitrogens is 4. The highest BCUT2D eigenvalue weighted by atomic mass is 16.5. The summed E-state index contributed by atoms with van der Waals surface area (Å²) >= 11 is 0. The number of hydrogen-bond donors (Lipinski definition) is 0. The van der Waals surface area contributed by atoms with Crippen LogP contribution in [0.5, 0.6) is 0 Å². The average molecular weight is 390 g/mol. The predicted molar refractivity (Wildman–Crippen MR) is 109 cm³/mol. The molecule has 8 heteroatoms. The molecule has 0 fully saturated rings. The van der Waals surface area contributed by atoms with Gasteiger partial charge >= 0.3 is 11.7 Å². The molecule has 0 saturated carbocycles. The third-order valence-corrected chi connectivity index (χ3v) is 5.05. The zero-order chi connectivity index (χ0) is 20.9. The van der Waals surface area contributed by atoms with Crippen molar-refractivity contribution in [3.63, 3.8) is 0 Å². The molecule has 0 N–H and O–H groups in total. The van der Waals surface area contributed by atoms with E-state index in [1.807, 2.05) is 24.3 Å². The van der Waals surface area contributed by atoms with E-state index in [0.717, 1.165) is 15.5 Å². The minimum atomic E-state index is -0.603. The molecule has 0 radical (unpaired) electrons. The fourth-order valence-corrected chi connectivity index (χ4v) is 3.58. The first-order valence-corrected chi connectivity index (χ1v) is 8.89. The normalized spacial score (nSPS) is 11.2. The third-order valence-electron chi connectivity index (χ3n) is 5.05. The highest BCUT2D eigenvalue weighted by Crippen LogP contribution is 2.33. The van der Waals surface area contributed by atoms with Crippen LogP contribution in [-0.4, -0.2) is 32.2 Å². The SMILES string of the molecule is COC(=O)c1c(C)nc2c(c1-c1ccc3ncccc3c1)c(=O)n(C)c(=O)n2C. The van der Waals surface area contributed by atoms with E-state index in [2.05, 4.69) is 9.97 Å². The summed E-state index contributed by atoms with van der Waals surface area (Å²) in [5, 5.41) is 1.04. The Kier molecular flexibility index (Phi) is 4.26. The van der Waals surface area contributed by atoms with Crippen LogP contribution in [0.4, 0.5) is 0 Å². The second kappa shape index (κ2) is 6.66. The zero-order valence-corrected chi connectivity index (χ0v) is 16.4. The van der Waals surface area contributed by atoms with Crippen molar-refractivity contribution in [1.29, 1.82) is 0 Å². The molecule has 0 unspecified atom stereocenters. The van der Waals surface area contributed by atoms with Crippen molar-refractivity contribution in [2.75, 3.05) is 7.11 Å². The maximum absolute atomic E-state index is 13.1. The van der Waals surface area contributed by atoms with Crippen LogP contribution in [0.25, 0.3) is 33.1 Å². The van der Waals surface area contributed by atoms with Gasteiger partial charge in [0.25, 0.3) is 5.56 Å². The van der Waals surface area contributed by atoms with E-state index in [9.17, 15) is 14.4 Å². The van der Waals surface area contributed by atoms with Crippen molar-refractivity contribution < 1.29 is 9.53 Å². The van der Waals surface area contributed by atoms with Gasteiger partial charge in [-0.15, -0.1) is 0 Å². The van der Waals surface area contributed by atoms with E-state index in [4.69, 9.17) is 4.74 Å². The summed E-state index contributed by atoms with van der Waals surface area (Å²) in [6.45, 7) is 1.65. The number of fused-ring (bicyclic) bond motifs is 2. The Hall–Kier alpha value is -3.81. The number of aryl methyl sites for hydroxylation is 2. The van der Waals surface area contributed by atoms with E-state index in [0.29, 0.717) is 16.8 Å². The van der Waals surface area contributed by atoms with E-state index >= 15 is 0 Å². The first-order valence-electron chi connectivity index (χ1n) is 8.89. The summed E-state index contributed by atoms with van der Waals surface area (Å²) in [4.78, 5) is 46.8. The molecule has 3 aromatic heterocycles. The summed E-state index contributed by atoms with van der Waals surface area (Å²) in [5.41, 5.74) is 1.57. The summed E-state index contributed by atoms with van der Waals surface area (Å²) in [7, 11) is 4.22. The molecule has 4 rings (SSSR count). The Morgan fingerprint density at radius 1 is 1.10 bits per heavy atom. The number of carbonyl (C=O) groups is 1. The van der Waals surface area contributed by atoms with Crippen molar-refractivity contribution in [1.82, 2.24) is 19.1 Å². The minimum Gasteiger partial charge on any atom is -0.465 e. The molecule has 3 heterocycles. The quantitative estimate of drug-likeness (QED) is 0.486. The summed E-state index contributed by atoms with van der Waals surface area (Å²) in [6, 6.07) is 9.17. The van der Waals surface area contributed by atoms with Crippen LogP contribution in [0.2, 0.25) is 0 Å². The van der Waals surface area contributed by atoms with Crippen LogP contribution in [0, 0.1) is 6.92 Å². The predicted octanol–water partition coefficient (Wildman–Crippen LogP) is 1.94. The fraction of sp³-hybridized carbons (Fsp3) is 0.190. The molecule has 0 atom stereocenters. The van der Waals surface area contributed by atoms with Crippen molar-refractivity contribution in [2.24, 2.45) is 14.1 Å². The Bertz CT molecular complexity index is 1430. The zero-order valence-electron chi connectivity index (χ0n) is 16.4. The molecule has 0 aliphatic rings. The lowest BCUT2D eigenvalue weighted by molar-refractivity contribution is 0.0600. The van der Waals surface area contributed by atoms with Crippen LogP contribution < -0.4 is 11.2 Å². The molecule has 0 bridgehead atoms. The maximum atomic E-state index is 13.1. The van der Waals surface area contributed by atoms with Gasteiger partial charge in [-0.2, -0.15) is 0 Å². The standard InChI is InChI=1S/C21H18N4O4/c1-11-15(20(27)29-4)16(13-7-8-14-12(10-13)6-5-9-22-14)17-18(23-11)24(2)21(28)25(3)19(17)26/h5-10H,1-4H3. The Morgan fingerprint density at radius 2 is 1.86 bits per heavy atom. The van der Waals surface area contributed by atoms with E-state index in [1.54, 1.807) is 26.2 Å². The van der Waals surface area contributed by atoms with Crippen LogP contribution >= 0.6 is 0 Å². The van der Waals surface area contributed by atoms with Crippen LogP contribution in [0.3, 0.4) is 0 Å². The summed E-state index contributed by atoms with van der Waals surface area (Å²) in [6.07, 6.45) is 1.69. The number of pyridine rings is 2. The molecular weight excluding hydrogens is 372 g/mol. The third kappa shape index (κ3) is 2.72. The Balaban J connectivity index is 2.27. The largest absolute Gasteiger partial charge is 0.465 e. The Morgan fingerprint density at radius 3 is 2.59 bits per heavy atom. The number of esters is 1. The number of carbonyl (C=O) groups excluding carboxylic acids is 1. The molecule has 8 nitrogen and oxygen atoms in total. The van der Waals surface area contributed by atoms with Crippen molar-refractivity contribution >= 4 is 27.9 Å². The molecule has 1 aromatic carbocycles. The number of rotatable bonds is 2. The molecule has 0 aliphatic carbocycles. The molecule has 0 aliphatic heterocycles. The topological polar surface area (TPSA) is 96.1 Å². The van der Waals surface area contributed by atoms with Crippen LogP contribution in [-0.2, 0) is 18.8 Å². The number of nitrogens with zero attached hydrogens (tertiary/aromatic N) is 4. The Labute approximate surface area is 165 Å². The number of hydrogen-bond acceptors (Lipinski definition) is 6. The average Bonchev–Trinajstić information content (AvgIpc) is 2.74. The van der Waals surface area contributed by atoms with Gasteiger partial charge in [0, 0.05) is 31.2 Å². The van der Waals surface area contributed by atoms with Gasteiger partial charge in [0.15, 0.2) is 0 Å². The molecule has 4 aromatic rings. The highest BCUT2D eigenvalue weighted by Gasteiger charge is 2.25. The number of benzene rings is 1. The van der Waals surface area contributed by atoms with E-state index < -0.39 is 17.2 Å². The van der Waals surface area contributed by atoms with Gasteiger partial charge in [-0.05, 0) is 30.7 Å². The minimum absolute atomic E-state index is 0.184. The maximum Gasteiger partial charge on any atom is 0.340 e. The van der Waals surface area contributed by atoms with E-state index in [1.165, 1.54) is 18.7 Å². The molecule has 0 amide bonds.